The Balaban J connectivity index is 2.02. The van der Waals surface area contributed by atoms with Crippen molar-refractivity contribution in [3.8, 4) is 0 Å². The highest BCUT2D eigenvalue weighted by Crippen LogP contribution is 2.13. The molecule has 1 fully saturated rings. The average molecular weight is 146 g/mol. The topological polar surface area (TPSA) is 27.7 Å². The third-order valence-corrected chi connectivity index (χ3v) is 1.43. The van der Waals surface area contributed by atoms with Crippen molar-refractivity contribution in [1.29, 1.82) is 0 Å². The van der Waals surface area contributed by atoms with Gasteiger partial charge < -0.3 is 4.74 Å². The van der Waals surface area contributed by atoms with Crippen LogP contribution in [0.3, 0.4) is 0 Å². The Kier molecular flexibility index (Phi) is 3.72. The first-order chi connectivity index (χ1) is 4.93. The molecule has 0 saturated carbocycles. The summed E-state index contributed by atoms with van der Waals surface area (Å²) < 4.78 is 5.23. The molecule has 1 aliphatic rings. The monoisotopic (exact) mass is 146 g/mol. The van der Waals surface area contributed by atoms with Gasteiger partial charge in [0.25, 0.3) is 0 Å². The lowest BCUT2D eigenvalue weighted by atomic mass is 10.2. The summed E-state index contributed by atoms with van der Waals surface area (Å²) in [4.78, 5) is 9.66. The minimum Gasteiger partial charge on any atom is -0.350 e. The molecule has 0 aliphatic carbocycles. The van der Waals surface area contributed by atoms with Gasteiger partial charge in [0.2, 0.25) is 0 Å². The highest BCUT2D eigenvalue weighted by Gasteiger charge is 2.14. The summed E-state index contributed by atoms with van der Waals surface area (Å²) in [5, 5.41) is 0. The standard InChI is InChI=1S/C7H14O3/c1-2-9-10-7-5-3-4-6-8-7/h7H,2-6H2,1H3. The SMILES string of the molecule is CCOOC1CCCCO1. The van der Waals surface area contributed by atoms with Gasteiger partial charge in [0, 0.05) is 13.0 Å². The first-order valence-electron chi connectivity index (χ1n) is 3.83. The summed E-state index contributed by atoms with van der Waals surface area (Å²) in [6, 6.07) is 0. The summed E-state index contributed by atoms with van der Waals surface area (Å²) in [5.41, 5.74) is 0. The molecule has 10 heavy (non-hydrogen) atoms. The summed E-state index contributed by atoms with van der Waals surface area (Å²) in [6.07, 6.45) is 3.16. The highest BCUT2D eigenvalue weighted by molar-refractivity contribution is 4.51. The van der Waals surface area contributed by atoms with Crippen molar-refractivity contribution in [2.75, 3.05) is 13.2 Å². The van der Waals surface area contributed by atoms with Crippen LogP contribution in [0.2, 0.25) is 0 Å². The molecule has 0 amide bonds. The van der Waals surface area contributed by atoms with Crippen LogP contribution in [0.4, 0.5) is 0 Å². The van der Waals surface area contributed by atoms with E-state index in [1.54, 1.807) is 0 Å². The zero-order valence-electron chi connectivity index (χ0n) is 6.34. The number of hydrogen-bond donors (Lipinski definition) is 0. The average Bonchev–Trinajstić information content (AvgIpc) is 2.03. The molecule has 3 heteroatoms. The van der Waals surface area contributed by atoms with Crippen molar-refractivity contribution in [3.63, 3.8) is 0 Å². The molecule has 60 valence electrons. The van der Waals surface area contributed by atoms with Gasteiger partial charge in [-0.2, -0.15) is 0 Å². The van der Waals surface area contributed by atoms with Crippen molar-refractivity contribution in [2.24, 2.45) is 0 Å². The van der Waals surface area contributed by atoms with Gasteiger partial charge in [-0.1, -0.05) is 0 Å². The van der Waals surface area contributed by atoms with Gasteiger partial charge >= 0.3 is 0 Å². The summed E-state index contributed by atoms with van der Waals surface area (Å²) in [5.74, 6) is 0. The maximum atomic E-state index is 5.23. The van der Waals surface area contributed by atoms with Crippen molar-refractivity contribution >= 4 is 0 Å². The lowest BCUT2D eigenvalue weighted by Crippen LogP contribution is -2.22. The molecule has 1 rings (SSSR count). The molecule has 1 atom stereocenters. The zero-order valence-corrected chi connectivity index (χ0v) is 6.34. The Hall–Kier alpha value is -0.120. The molecule has 0 aromatic heterocycles. The quantitative estimate of drug-likeness (QED) is 0.446. The van der Waals surface area contributed by atoms with E-state index >= 15 is 0 Å². The Bertz CT molecular complexity index is 78.9. The van der Waals surface area contributed by atoms with Crippen LogP contribution in [0, 0.1) is 0 Å². The molecule has 0 radical (unpaired) electrons. The van der Waals surface area contributed by atoms with Crippen LogP contribution in [0.25, 0.3) is 0 Å². The van der Waals surface area contributed by atoms with Crippen LogP contribution in [0.15, 0.2) is 0 Å². The molecule has 1 heterocycles. The van der Waals surface area contributed by atoms with Crippen molar-refractivity contribution in [1.82, 2.24) is 0 Å². The molecule has 1 aliphatic heterocycles. The lowest BCUT2D eigenvalue weighted by Gasteiger charge is -2.20. The molecule has 3 nitrogen and oxygen atoms in total. The van der Waals surface area contributed by atoms with Crippen LogP contribution in [0.5, 0.6) is 0 Å². The maximum Gasteiger partial charge on any atom is 0.191 e. The minimum absolute atomic E-state index is 0.117. The van der Waals surface area contributed by atoms with Crippen LogP contribution in [0.1, 0.15) is 26.2 Å². The summed E-state index contributed by atoms with van der Waals surface area (Å²) in [6.45, 7) is 3.28. The fourth-order valence-electron chi connectivity index (χ4n) is 0.931. The molecular formula is C7H14O3. The van der Waals surface area contributed by atoms with Crippen LogP contribution >= 0.6 is 0 Å². The van der Waals surface area contributed by atoms with E-state index in [1.165, 1.54) is 6.42 Å². The Labute approximate surface area is 61.2 Å². The van der Waals surface area contributed by atoms with E-state index < -0.39 is 0 Å². The van der Waals surface area contributed by atoms with Gasteiger partial charge in [0.1, 0.15) is 0 Å². The van der Waals surface area contributed by atoms with E-state index in [1.807, 2.05) is 6.92 Å². The second-order valence-electron chi connectivity index (χ2n) is 2.30. The smallest absolute Gasteiger partial charge is 0.191 e. The molecule has 0 bridgehead atoms. The lowest BCUT2D eigenvalue weighted by molar-refractivity contribution is -0.382. The normalized spacial score (nSPS) is 26.7. The highest BCUT2D eigenvalue weighted by atomic mass is 17.2. The third kappa shape index (κ3) is 2.64. The summed E-state index contributed by atoms with van der Waals surface area (Å²) >= 11 is 0. The van der Waals surface area contributed by atoms with Gasteiger partial charge in [-0.3, -0.25) is 0 Å². The summed E-state index contributed by atoms with van der Waals surface area (Å²) in [7, 11) is 0. The predicted molar refractivity (Wildman–Crippen MR) is 36.3 cm³/mol. The Morgan fingerprint density at radius 3 is 3.00 bits per heavy atom. The predicted octanol–water partition coefficient (Wildman–Crippen LogP) is 1.48. The van der Waals surface area contributed by atoms with E-state index in [-0.39, 0.29) is 6.29 Å². The van der Waals surface area contributed by atoms with Gasteiger partial charge in [-0.05, 0) is 19.8 Å². The largest absolute Gasteiger partial charge is 0.350 e. The van der Waals surface area contributed by atoms with E-state index in [0.29, 0.717) is 6.61 Å². The first-order valence-corrected chi connectivity index (χ1v) is 3.83. The second kappa shape index (κ2) is 4.66. The third-order valence-electron chi connectivity index (χ3n) is 1.43. The van der Waals surface area contributed by atoms with E-state index in [4.69, 9.17) is 14.5 Å². The maximum absolute atomic E-state index is 5.23. The van der Waals surface area contributed by atoms with Crippen LogP contribution < -0.4 is 0 Å². The van der Waals surface area contributed by atoms with Crippen LogP contribution in [-0.2, 0) is 14.5 Å². The Morgan fingerprint density at radius 2 is 2.40 bits per heavy atom. The second-order valence-corrected chi connectivity index (χ2v) is 2.30. The molecule has 0 aromatic carbocycles. The molecule has 0 aromatic rings. The van der Waals surface area contributed by atoms with Gasteiger partial charge in [0.15, 0.2) is 6.29 Å². The van der Waals surface area contributed by atoms with Crippen molar-refractivity contribution in [3.05, 3.63) is 0 Å². The number of ether oxygens (including phenoxy) is 1. The van der Waals surface area contributed by atoms with E-state index in [0.717, 1.165) is 19.4 Å². The van der Waals surface area contributed by atoms with Gasteiger partial charge in [0.05, 0.1) is 6.61 Å². The van der Waals surface area contributed by atoms with Gasteiger partial charge in [-0.25, -0.2) is 9.78 Å². The molecule has 1 saturated heterocycles. The van der Waals surface area contributed by atoms with Gasteiger partial charge in [-0.15, -0.1) is 0 Å². The Morgan fingerprint density at radius 1 is 1.50 bits per heavy atom. The fraction of sp³-hybridized carbons (Fsp3) is 1.00. The fourth-order valence-corrected chi connectivity index (χ4v) is 0.931. The first kappa shape index (κ1) is 7.98. The molecule has 1 unspecified atom stereocenters. The molecular weight excluding hydrogens is 132 g/mol. The molecule has 0 N–H and O–H groups in total. The van der Waals surface area contributed by atoms with Crippen molar-refractivity contribution in [2.45, 2.75) is 32.5 Å². The van der Waals surface area contributed by atoms with Crippen LogP contribution in [-0.4, -0.2) is 19.5 Å². The van der Waals surface area contributed by atoms with Crippen molar-refractivity contribution < 1.29 is 14.5 Å². The number of hydrogen-bond acceptors (Lipinski definition) is 3. The molecule has 0 spiro atoms. The minimum atomic E-state index is -0.117. The number of rotatable bonds is 3. The van der Waals surface area contributed by atoms with E-state index in [9.17, 15) is 0 Å². The zero-order chi connectivity index (χ0) is 7.23. The van der Waals surface area contributed by atoms with E-state index in [2.05, 4.69) is 0 Å².